The van der Waals surface area contributed by atoms with E-state index in [0.29, 0.717) is 0 Å². The number of benzene rings is 1. The van der Waals surface area contributed by atoms with E-state index in [1.165, 1.54) is 7.11 Å². The van der Waals surface area contributed by atoms with Crippen molar-refractivity contribution >= 4 is 0 Å². The van der Waals surface area contributed by atoms with Gasteiger partial charge in [0.25, 0.3) is 0 Å². The Labute approximate surface area is 128 Å². The molecular weight excluding hydrogens is 296 g/mol. The van der Waals surface area contributed by atoms with Crippen LogP contribution in [0.2, 0.25) is 0 Å². The minimum Gasteiger partial charge on any atom is -0.380 e. The summed E-state index contributed by atoms with van der Waals surface area (Å²) in [4.78, 5) is 0. The predicted molar refractivity (Wildman–Crippen MR) is 76.3 cm³/mol. The number of ether oxygens (including phenoxy) is 1. The van der Waals surface area contributed by atoms with Gasteiger partial charge in [-0.05, 0) is 30.6 Å². The molecule has 1 aliphatic rings. The number of rotatable bonds is 5. The topological polar surface area (TPSA) is 9.23 Å². The van der Waals surface area contributed by atoms with Gasteiger partial charge in [-0.25, -0.2) is 17.6 Å². The highest BCUT2D eigenvalue weighted by Crippen LogP contribution is 2.60. The predicted octanol–water partition coefficient (Wildman–Crippen LogP) is 4.78. The minimum atomic E-state index is -1.36. The van der Waals surface area contributed by atoms with Crippen molar-refractivity contribution in [1.82, 2.24) is 0 Å². The summed E-state index contributed by atoms with van der Waals surface area (Å²) >= 11 is 0. The quantitative estimate of drug-likeness (QED) is 0.431. The fourth-order valence-corrected chi connectivity index (χ4v) is 3.16. The van der Waals surface area contributed by atoms with Crippen molar-refractivity contribution in [3.63, 3.8) is 0 Å². The van der Waals surface area contributed by atoms with Crippen LogP contribution in [0.25, 0.3) is 0 Å². The highest BCUT2D eigenvalue weighted by molar-refractivity contribution is 5.32. The first-order valence-electron chi connectivity index (χ1n) is 7.22. The fraction of sp³-hybridized carbons (Fsp3) is 0.529. The summed E-state index contributed by atoms with van der Waals surface area (Å²) in [7, 11) is 1.21. The van der Waals surface area contributed by atoms with Crippen molar-refractivity contribution < 1.29 is 22.3 Å². The second-order valence-electron chi connectivity index (χ2n) is 6.33. The Kier molecular flexibility index (Phi) is 4.66. The van der Waals surface area contributed by atoms with E-state index >= 15 is 0 Å². The molecule has 5 heteroatoms. The molecule has 1 saturated carbocycles. The molecule has 0 radical (unpaired) electrons. The number of hydrogen-bond acceptors (Lipinski definition) is 1. The smallest absolute Gasteiger partial charge is 0.167 e. The Hall–Kier alpha value is -1.36. The van der Waals surface area contributed by atoms with E-state index in [1.54, 1.807) is 0 Å². The van der Waals surface area contributed by atoms with Crippen LogP contribution in [0, 0.1) is 40.5 Å². The summed E-state index contributed by atoms with van der Waals surface area (Å²) < 4.78 is 60.7. The van der Waals surface area contributed by atoms with Crippen molar-refractivity contribution in [2.24, 2.45) is 17.3 Å². The summed E-state index contributed by atoms with van der Waals surface area (Å²) in [5.41, 5.74) is -1.36. The van der Waals surface area contributed by atoms with Crippen molar-refractivity contribution in [1.29, 1.82) is 0 Å². The first-order chi connectivity index (χ1) is 10.3. The summed E-state index contributed by atoms with van der Waals surface area (Å²) in [6.07, 6.45) is 3.81. The third kappa shape index (κ3) is 2.67. The van der Waals surface area contributed by atoms with Crippen LogP contribution in [0.4, 0.5) is 17.6 Å². The highest BCUT2D eigenvalue weighted by atomic mass is 19.2. The first kappa shape index (κ1) is 17.0. The molecule has 0 aliphatic heterocycles. The maximum Gasteiger partial charge on any atom is 0.167 e. The molecule has 0 aromatic heterocycles. The largest absolute Gasteiger partial charge is 0.380 e. The molecule has 122 valence electrons. The maximum absolute atomic E-state index is 14.1. The fourth-order valence-electron chi connectivity index (χ4n) is 3.16. The lowest BCUT2D eigenvalue weighted by Crippen LogP contribution is -2.11. The zero-order valence-corrected chi connectivity index (χ0v) is 13.1. The molecule has 0 saturated heterocycles. The van der Waals surface area contributed by atoms with Gasteiger partial charge < -0.3 is 4.74 Å². The molecule has 1 nitrogen and oxygen atoms in total. The van der Waals surface area contributed by atoms with Gasteiger partial charge in [0.15, 0.2) is 23.3 Å². The molecule has 2 unspecified atom stereocenters. The van der Waals surface area contributed by atoms with Gasteiger partial charge in [0.1, 0.15) is 0 Å². The summed E-state index contributed by atoms with van der Waals surface area (Å²) in [6, 6.07) is 0. The van der Waals surface area contributed by atoms with Crippen LogP contribution in [0.3, 0.4) is 0 Å². The van der Waals surface area contributed by atoms with Crippen LogP contribution >= 0.6 is 0 Å². The van der Waals surface area contributed by atoms with Crippen molar-refractivity contribution in [3.8, 4) is 0 Å². The molecule has 0 amide bonds. The average Bonchev–Trinajstić information content (AvgIpc) is 2.98. The Bertz CT molecular complexity index is 578. The summed E-state index contributed by atoms with van der Waals surface area (Å²) in [6.45, 7) is 5.31. The lowest BCUT2D eigenvalue weighted by atomic mass is 9.99. The van der Waals surface area contributed by atoms with Crippen molar-refractivity contribution in [2.75, 3.05) is 7.11 Å². The Morgan fingerprint density at radius 1 is 1.00 bits per heavy atom. The van der Waals surface area contributed by atoms with E-state index in [2.05, 4.69) is 4.74 Å². The Balaban J connectivity index is 2.38. The lowest BCUT2D eigenvalue weighted by molar-refractivity contribution is 0.175. The van der Waals surface area contributed by atoms with E-state index in [-0.39, 0.29) is 23.7 Å². The van der Waals surface area contributed by atoms with E-state index < -0.39 is 41.0 Å². The summed E-state index contributed by atoms with van der Waals surface area (Å²) in [5, 5.41) is 0. The van der Waals surface area contributed by atoms with Crippen LogP contribution in [0.1, 0.15) is 31.9 Å². The normalized spacial score (nSPS) is 23.3. The molecule has 1 aromatic rings. The van der Waals surface area contributed by atoms with Gasteiger partial charge >= 0.3 is 0 Å². The monoisotopic (exact) mass is 316 g/mol. The zero-order valence-electron chi connectivity index (χ0n) is 13.1. The number of hydrogen-bond donors (Lipinski definition) is 0. The molecule has 2 rings (SSSR count). The first-order valence-corrected chi connectivity index (χ1v) is 7.22. The van der Waals surface area contributed by atoms with Crippen LogP contribution in [0.15, 0.2) is 12.2 Å². The number of halogens is 4. The molecule has 0 bridgehead atoms. The maximum atomic E-state index is 14.1. The van der Waals surface area contributed by atoms with E-state index in [0.717, 1.165) is 0 Å². The van der Waals surface area contributed by atoms with E-state index in [4.69, 9.17) is 0 Å². The van der Waals surface area contributed by atoms with Gasteiger partial charge in [0, 0.05) is 12.7 Å². The van der Waals surface area contributed by atoms with Crippen molar-refractivity contribution in [2.45, 2.75) is 33.8 Å². The zero-order chi connectivity index (χ0) is 16.7. The summed E-state index contributed by atoms with van der Waals surface area (Å²) in [5.74, 6) is -5.24. The Morgan fingerprint density at radius 3 is 1.95 bits per heavy atom. The molecule has 0 N–H and O–H groups in total. The molecular formula is C17H20F4O. The van der Waals surface area contributed by atoms with Crippen LogP contribution in [0.5, 0.6) is 0 Å². The number of allylic oxidation sites excluding steroid dienone is 2. The molecule has 2 atom stereocenters. The van der Waals surface area contributed by atoms with Gasteiger partial charge in [-0.1, -0.05) is 26.0 Å². The minimum absolute atomic E-state index is 0.0270. The molecule has 22 heavy (non-hydrogen) atoms. The molecule has 1 fully saturated rings. The van der Waals surface area contributed by atoms with Crippen LogP contribution in [-0.2, 0) is 17.8 Å². The molecule has 1 aliphatic carbocycles. The standard InChI is InChI=1S/C17H20F4O/c1-5-6-11-12(17(11,2)3)7-9-13(18)15(20)10(8-22-4)16(21)14(9)19/h5-6,11-12H,7-8H2,1-4H3. The third-order valence-corrected chi connectivity index (χ3v) is 4.70. The average molecular weight is 316 g/mol. The molecule has 0 spiro atoms. The SMILES string of the molecule is CC=CC1C(Cc2c(F)c(F)c(COC)c(F)c2F)C1(C)C. The van der Waals surface area contributed by atoms with Gasteiger partial charge in [-0.2, -0.15) is 0 Å². The van der Waals surface area contributed by atoms with E-state index in [9.17, 15) is 17.6 Å². The third-order valence-electron chi connectivity index (χ3n) is 4.70. The highest BCUT2D eigenvalue weighted by Gasteiger charge is 2.56. The number of methoxy groups -OCH3 is 1. The van der Waals surface area contributed by atoms with Gasteiger partial charge in [0.2, 0.25) is 0 Å². The molecule has 0 heterocycles. The van der Waals surface area contributed by atoms with Crippen LogP contribution in [-0.4, -0.2) is 7.11 Å². The van der Waals surface area contributed by atoms with E-state index in [1.807, 2.05) is 32.9 Å². The van der Waals surface area contributed by atoms with Crippen molar-refractivity contribution in [3.05, 3.63) is 46.5 Å². The second kappa shape index (κ2) is 6.03. The van der Waals surface area contributed by atoms with Gasteiger partial charge in [-0.15, -0.1) is 0 Å². The van der Waals surface area contributed by atoms with Gasteiger partial charge in [0.05, 0.1) is 12.2 Å². The molecule has 1 aromatic carbocycles. The second-order valence-corrected chi connectivity index (χ2v) is 6.33. The lowest BCUT2D eigenvalue weighted by Gasteiger charge is -2.12. The van der Waals surface area contributed by atoms with Crippen LogP contribution < -0.4 is 0 Å². The van der Waals surface area contributed by atoms with Gasteiger partial charge in [-0.3, -0.25) is 0 Å². The Morgan fingerprint density at radius 2 is 1.50 bits per heavy atom.